The van der Waals surface area contributed by atoms with E-state index in [0.29, 0.717) is 35.5 Å². The highest BCUT2D eigenvalue weighted by Gasteiger charge is 2.75. The van der Waals surface area contributed by atoms with Gasteiger partial charge in [0.1, 0.15) is 17.7 Å². The van der Waals surface area contributed by atoms with Crippen molar-refractivity contribution in [2.75, 3.05) is 18.1 Å². The maximum absolute atomic E-state index is 15.0. The van der Waals surface area contributed by atoms with Gasteiger partial charge in [-0.3, -0.25) is 19.2 Å². The minimum Gasteiger partial charge on any atom is -0.455 e. The van der Waals surface area contributed by atoms with E-state index < -0.39 is 72.2 Å². The number of hydrogen-bond acceptors (Lipinski definition) is 7. The first-order chi connectivity index (χ1) is 25.6. The summed E-state index contributed by atoms with van der Waals surface area (Å²) in [6.45, 7) is 9.04. The maximum Gasteiger partial charge on any atom is 0.313 e. The van der Waals surface area contributed by atoms with E-state index in [1.165, 1.54) is 9.80 Å². The smallest absolute Gasteiger partial charge is 0.313 e. The molecule has 11 heteroatoms. The number of anilines is 1. The Labute approximate surface area is 315 Å². The van der Waals surface area contributed by atoms with Crippen molar-refractivity contribution in [2.45, 2.75) is 75.0 Å². The molecule has 3 aromatic carbocycles. The third kappa shape index (κ3) is 7.54. The average molecular weight is 740 g/mol. The normalized spacial score (nSPS) is 24.5. The Kier molecular flexibility index (Phi) is 11.8. The number of halogens is 1. The summed E-state index contributed by atoms with van der Waals surface area (Å²) in [6.07, 6.45) is 3.52. The summed E-state index contributed by atoms with van der Waals surface area (Å²) in [5, 5.41) is 14.3. The molecule has 0 aromatic heterocycles. The van der Waals surface area contributed by atoms with Crippen LogP contribution in [0.1, 0.15) is 49.8 Å². The number of nitrogens with zero attached hydrogens (tertiary/aromatic N) is 2. The van der Waals surface area contributed by atoms with Crippen LogP contribution in [-0.4, -0.2) is 76.7 Å². The second-order valence-electron chi connectivity index (χ2n) is 14.0. The Morgan fingerprint density at radius 3 is 2.38 bits per heavy atom. The third-order valence-electron chi connectivity index (χ3n) is 10.7. The first kappa shape index (κ1) is 38.0. The second-order valence-corrected chi connectivity index (χ2v) is 14.4. The van der Waals surface area contributed by atoms with E-state index in [1.54, 1.807) is 43.3 Å². The molecular formula is C42H46ClN3O7. The van der Waals surface area contributed by atoms with Gasteiger partial charge in [0, 0.05) is 23.7 Å². The summed E-state index contributed by atoms with van der Waals surface area (Å²) in [6, 6.07) is 22.8. The number of aliphatic hydroxyl groups is 1. The highest BCUT2D eigenvalue weighted by Crippen LogP contribution is 2.59. The Morgan fingerprint density at radius 1 is 1.06 bits per heavy atom. The third-order valence-corrected chi connectivity index (χ3v) is 10.9. The number of rotatable bonds is 16. The van der Waals surface area contributed by atoms with Crippen LogP contribution in [-0.2, 0) is 35.1 Å². The number of carbonyl (C=O) groups excluding carboxylic acids is 4. The molecule has 0 saturated carbocycles. The number of esters is 1. The number of allylic oxidation sites excluding steroid dienone is 1. The van der Waals surface area contributed by atoms with Crippen LogP contribution < -0.4 is 10.2 Å². The van der Waals surface area contributed by atoms with Crippen molar-refractivity contribution in [3.63, 3.8) is 0 Å². The predicted molar refractivity (Wildman–Crippen MR) is 202 cm³/mol. The van der Waals surface area contributed by atoms with Crippen LogP contribution in [0.4, 0.5) is 5.69 Å². The van der Waals surface area contributed by atoms with E-state index in [-0.39, 0.29) is 25.3 Å². The molecule has 0 unspecified atom stereocenters. The van der Waals surface area contributed by atoms with Gasteiger partial charge in [-0.2, -0.15) is 0 Å². The summed E-state index contributed by atoms with van der Waals surface area (Å²) in [5.74, 6) is -3.78. The van der Waals surface area contributed by atoms with Gasteiger partial charge in [-0.25, -0.2) is 0 Å². The van der Waals surface area contributed by atoms with Crippen molar-refractivity contribution in [2.24, 2.45) is 11.8 Å². The minimum absolute atomic E-state index is 0.131. The van der Waals surface area contributed by atoms with Crippen molar-refractivity contribution < 1.29 is 33.8 Å². The van der Waals surface area contributed by atoms with Crippen molar-refractivity contribution in [1.29, 1.82) is 0 Å². The van der Waals surface area contributed by atoms with Gasteiger partial charge in [-0.1, -0.05) is 84.4 Å². The molecule has 3 aliphatic rings. The molecular weight excluding hydrogens is 694 g/mol. The molecule has 3 aromatic rings. The van der Waals surface area contributed by atoms with Crippen LogP contribution in [0.3, 0.4) is 0 Å². The van der Waals surface area contributed by atoms with Gasteiger partial charge in [0.15, 0.2) is 0 Å². The second kappa shape index (κ2) is 16.5. The van der Waals surface area contributed by atoms with Gasteiger partial charge in [0.2, 0.25) is 11.8 Å². The SMILES string of the molecule is C=CCCC(=O)N[C@H](C)[C@@H](OC(=O)[C@@H]1[C@@H]2CC[C@]3(O2)[C@H](C(=O)N(CC=C)c2ccc(Cl)cc2)N([C@@H](CO)Cc2ccccc2)C(=O)[C@@H]13)c1ccccc1. The Morgan fingerprint density at radius 2 is 1.74 bits per heavy atom. The molecule has 8 atom stereocenters. The van der Waals surface area contributed by atoms with Crippen LogP contribution in [0.25, 0.3) is 0 Å². The lowest BCUT2D eigenvalue weighted by Crippen LogP contribution is -2.59. The summed E-state index contributed by atoms with van der Waals surface area (Å²) in [4.78, 5) is 60.2. The summed E-state index contributed by atoms with van der Waals surface area (Å²) in [7, 11) is 0. The van der Waals surface area contributed by atoms with E-state index in [0.717, 1.165) is 5.56 Å². The fourth-order valence-electron chi connectivity index (χ4n) is 8.33. The largest absolute Gasteiger partial charge is 0.455 e. The topological polar surface area (TPSA) is 125 Å². The molecule has 3 saturated heterocycles. The lowest BCUT2D eigenvalue weighted by atomic mass is 9.70. The number of benzene rings is 3. The Hall–Kier alpha value is -4.77. The van der Waals surface area contributed by atoms with Crippen molar-refractivity contribution in [3.8, 4) is 0 Å². The van der Waals surface area contributed by atoms with Gasteiger partial charge in [-0.05, 0) is 68.0 Å². The molecule has 3 heterocycles. The highest BCUT2D eigenvalue weighted by atomic mass is 35.5. The summed E-state index contributed by atoms with van der Waals surface area (Å²) in [5.41, 5.74) is 0.741. The van der Waals surface area contributed by atoms with Gasteiger partial charge in [0.25, 0.3) is 5.91 Å². The summed E-state index contributed by atoms with van der Waals surface area (Å²) < 4.78 is 13.0. The van der Waals surface area contributed by atoms with Crippen LogP contribution >= 0.6 is 11.6 Å². The minimum atomic E-state index is -1.36. The Bertz CT molecular complexity index is 1810. The number of fused-ring (bicyclic) bond motifs is 1. The molecule has 0 aliphatic carbocycles. The maximum atomic E-state index is 15.0. The van der Waals surface area contributed by atoms with Crippen LogP contribution in [0.2, 0.25) is 5.02 Å². The molecule has 2 bridgehead atoms. The van der Waals surface area contributed by atoms with E-state index in [4.69, 9.17) is 21.1 Å². The number of amides is 3. The molecule has 2 N–H and O–H groups in total. The molecule has 278 valence electrons. The number of nitrogens with one attached hydrogen (secondary N) is 1. The van der Waals surface area contributed by atoms with Gasteiger partial charge in [-0.15, -0.1) is 13.2 Å². The average Bonchev–Trinajstić information content (AvgIpc) is 3.82. The molecule has 1 spiro atoms. The van der Waals surface area contributed by atoms with Gasteiger partial charge < -0.3 is 29.7 Å². The first-order valence-electron chi connectivity index (χ1n) is 18.1. The number of carbonyl (C=O) groups is 4. The lowest BCUT2D eigenvalue weighted by molar-refractivity contribution is -0.162. The molecule has 3 fully saturated rings. The first-order valence-corrected chi connectivity index (χ1v) is 18.5. The summed E-state index contributed by atoms with van der Waals surface area (Å²) >= 11 is 6.20. The Balaban J connectivity index is 1.37. The molecule has 3 aliphatic heterocycles. The van der Waals surface area contributed by atoms with E-state index in [9.17, 15) is 19.5 Å². The van der Waals surface area contributed by atoms with E-state index in [1.807, 2.05) is 60.7 Å². The molecule has 10 nitrogen and oxygen atoms in total. The van der Waals surface area contributed by atoms with E-state index in [2.05, 4.69) is 18.5 Å². The van der Waals surface area contributed by atoms with E-state index >= 15 is 4.79 Å². The van der Waals surface area contributed by atoms with Gasteiger partial charge >= 0.3 is 5.97 Å². The zero-order valence-corrected chi connectivity index (χ0v) is 30.6. The molecule has 53 heavy (non-hydrogen) atoms. The quantitative estimate of drug-likeness (QED) is 0.145. The predicted octanol–water partition coefficient (Wildman–Crippen LogP) is 5.59. The van der Waals surface area contributed by atoms with Crippen LogP contribution in [0.5, 0.6) is 0 Å². The number of aliphatic hydroxyl groups excluding tert-OH is 1. The fraction of sp³-hybridized carbons (Fsp3) is 0.381. The standard InChI is InChI=1S/C42H46ClN3O7/c1-4-6-17-34(48)44-27(3)37(29-15-11-8-12-16-29)52-41(51)35-33-22-23-42(53-33)36(35)39(49)46(32(26-47)25-28-13-9-7-10-14-28)38(42)40(50)45(24-5-2)31-20-18-30(43)19-21-31/h4-5,7-16,18-21,27,32-33,35-38,47H,1-2,6,17,22-26H2,3H3,(H,44,48)/t27-,32-,33+,35-,36-,37-,38+,42-/m1/s1. The fourth-order valence-corrected chi connectivity index (χ4v) is 8.46. The monoisotopic (exact) mass is 739 g/mol. The van der Waals surface area contributed by atoms with Crippen LogP contribution in [0, 0.1) is 11.8 Å². The highest BCUT2D eigenvalue weighted by molar-refractivity contribution is 6.30. The zero-order chi connectivity index (χ0) is 37.7. The lowest BCUT2D eigenvalue weighted by Gasteiger charge is -2.39. The van der Waals surface area contributed by atoms with Crippen molar-refractivity contribution >= 4 is 41.0 Å². The van der Waals surface area contributed by atoms with Crippen molar-refractivity contribution in [1.82, 2.24) is 10.2 Å². The number of ether oxygens (including phenoxy) is 2. The van der Waals surface area contributed by atoms with Crippen LogP contribution in [0.15, 0.2) is 110 Å². The number of hydrogen-bond donors (Lipinski definition) is 2. The molecule has 6 rings (SSSR count). The van der Waals surface area contributed by atoms with Gasteiger partial charge in [0.05, 0.1) is 36.6 Å². The van der Waals surface area contributed by atoms with Crippen molar-refractivity contribution in [3.05, 3.63) is 126 Å². The number of likely N-dealkylation sites (tertiary alicyclic amines) is 1. The molecule has 0 radical (unpaired) electrons. The zero-order valence-electron chi connectivity index (χ0n) is 29.8. The molecule has 3 amide bonds.